The van der Waals surface area contributed by atoms with Crippen molar-refractivity contribution in [1.29, 1.82) is 0 Å². The summed E-state index contributed by atoms with van der Waals surface area (Å²) in [7, 11) is 0. The second kappa shape index (κ2) is 8.73. The molecule has 168 valence electrons. The van der Waals surface area contributed by atoms with Gasteiger partial charge in [0, 0.05) is 19.8 Å². The zero-order valence-corrected chi connectivity index (χ0v) is 17.6. The van der Waals surface area contributed by atoms with Gasteiger partial charge in [-0.2, -0.15) is 13.2 Å². The van der Waals surface area contributed by atoms with Gasteiger partial charge in [0.05, 0.1) is 17.3 Å². The van der Waals surface area contributed by atoms with Crippen LogP contribution in [0.5, 0.6) is 0 Å². The van der Waals surface area contributed by atoms with Crippen molar-refractivity contribution in [2.45, 2.75) is 57.7 Å². The molecule has 2 fully saturated rings. The van der Waals surface area contributed by atoms with Crippen LogP contribution in [0.15, 0.2) is 30.6 Å². The molecule has 4 nitrogen and oxygen atoms in total. The van der Waals surface area contributed by atoms with Crippen molar-refractivity contribution in [2.24, 2.45) is 5.41 Å². The Morgan fingerprint density at radius 1 is 1.13 bits per heavy atom. The molecule has 2 aliphatic heterocycles. The summed E-state index contributed by atoms with van der Waals surface area (Å²) >= 11 is 0. The molecule has 31 heavy (non-hydrogen) atoms. The van der Waals surface area contributed by atoms with E-state index in [4.69, 9.17) is 4.74 Å². The number of aryl methyl sites for hydroxylation is 1. The van der Waals surface area contributed by atoms with Crippen molar-refractivity contribution in [2.75, 3.05) is 24.7 Å². The predicted octanol–water partition coefficient (Wildman–Crippen LogP) is 5.73. The van der Waals surface area contributed by atoms with Gasteiger partial charge >= 0.3 is 6.18 Å². The predicted molar refractivity (Wildman–Crippen MR) is 109 cm³/mol. The van der Waals surface area contributed by atoms with Crippen LogP contribution in [0.1, 0.15) is 61.9 Å². The smallest absolute Gasteiger partial charge is 0.381 e. The van der Waals surface area contributed by atoms with E-state index in [1.165, 1.54) is 18.5 Å². The van der Waals surface area contributed by atoms with Crippen molar-refractivity contribution < 1.29 is 22.3 Å². The third-order valence-electron chi connectivity index (χ3n) is 6.66. The van der Waals surface area contributed by atoms with E-state index < -0.39 is 17.6 Å². The molecule has 0 N–H and O–H groups in total. The van der Waals surface area contributed by atoms with Gasteiger partial charge < -0.3 is 9.64 Å². The molecule has 1 aromatic carbocycles. The van der Waals surface area contributed by atoms with Crippen LogP contribution in [0.2, 0.25) is 0 Å². The van der Waals surface area contributed by atoms with Crippen LogP contribution < -0.4 is 4.90 Å². The number of rotatable bonds is 5. The summed E-state index contributed by atoms with van der Waals surface area (Å²) in [6.45, 7) is 4.28. The van der Waals surface area contributed by atoms with Crippen molar-refractivity contribution in [3.05, 3.63) is 53.2 Å². The maximum atomic E-state index is 15.4. The van der Waals surface area contributed by atoms with Crippen LogP contribution in [0.4, 0.5) is 23.4 Å². The average Bonchev–Trinajstić information content (AvgIpc) is 3.23. The second-order valence-electron chi connectivity index (χ2n) is 8.85. The molecule has 2 saturated heterocycles. The van der Waals surface area contributed by atoms with Crippen LogP contribution in [0, 0.1) is 11.2 Å². The van der Waals surface area contributed by atoms with E-state index in [-0.39, 0.29) is 17.3 Å². The summed E-state index contributed by atoms with van der Waals surface area (Å²) < 4.78 is 59.5. The Hall–Kier alpha value is -2.22. The summed E-state index contributed by atoms with van der Waals surface area (Å²) in [4.78, 5) is 10.3. The molecule has 1 aromatic heterocycles. The van der Waals surface area contributed by atoms with Crippen LogP contribution in [-0.2, 0) is 17.3 Å². The Morgan fingerprint density at radius 2 is 1.84 bits per heavy atom. The second-order valence-corrected chi connectivity index (χ2v) is 8.85. The van der Waals surface area contributed by atoms with Gasteiger partial charge in [-0.3, -0.25) is 0 Å². The van der Waals surface area contributed by atoms with Gasteiger partial charge in [0.2, 0.25) is 0 Å². The van der Waals surface area contributed by atoms with Crippen LogP contribution in [0.25, 0.3) is 0 Å². The Balaban J connectivity index is 1.52. The van der Waals surface area contributed by atoms with Crippen molar-refractivity contribution in [1.82, 2.24) is 9.97 Å². The van der Waals surface area contributed by atoms with Gasteiger partial charge in [0.15, 0.2) is 11.6 Å². The van der Waals surface area contributed by atoms with Crippen molar-refractivity contribution >= 4 is 5.82 Å². The summed E-state index contributed by atoms with van der Waals surface area (Å²) in [5, 5.41) is 0. The first kappa shape index (κ1) is 22.0. The van der Waals surface area contributed by atoms with E-state index in [0.29, 0.717) is 18.7 Å². The van der Waals surface area contributed by atoms with Crippen LogP contribution in [0.3, 0.4) is 0 Å². The first-order valence-corrected chi connectivity index (χ1v) is 10.8. The number of ether oxygens (including phenoxy) is 1. The summed E-state index contributed by atoms with van der Waals surface area (Å²) in [5.74, 6) is -0.179. The number of alkyl halides is 3. The maximum Gasteiger partial charge on any atom is 0.416 e. The molecule has 0 radical (unpaired) electrons. The van der Waals surface area contributed by atoms with Gasteiger partial charge in [-0.05, 0) is 61.6 Å². The monoisotopic (exact) mass is 437 g/mol. The lowest BCUT2D eigenvalue weighted by atomic mass is 9.78. The summed E-state index contributed by atoms with van der Waals surface area (Å²) in [6.07, 6.45) is 1.83. The Morgan fingerprint density at radius 3 is 2.52 bits per heavy atom. The zero-order chi connectivity index (χ0) is 22.1. The highest BCUT2D eigenvalue weighted by atomic mass is 19.4. The first-order valence-electron chi connectivity index (χ1n) is 10.8. The molecule has 2 aliphatic rings. The standard InChI is InChI=1S/C23H27F4N3O/c1-22(10-13-31-14-11-22)9-8-18-20(24)21(29-15-28-18)30-12-2-3-19(30)16-4-6-17(7-5-16)23(25,26)27/h4-7,15,19H,2-3,8-14H2,1H3/t19-/m1/s1. The Bertz CT molecular complexity index is 895. The molecule has 0 amide bonds. The highest BCUT2D eigenvalue weighted by Crippen LogP contribution is 2.39. The number of benzene rings is 1. The van der Waals surface area contributed by atoms with Gasteiger partial charge in [0.1, 0.15) is 6.33 Å². The molecule has 0 bridgehead atoms. The highest BCUT2D eigenvalue weighted by Gasteiger charge is 2.33. The molecule has 0 aliphatic carbocycles. The number of halogens is 4. The third kappa shape index (κ3) is 4.84. The maximum absolute atomic E-state index is 15.4. The quantitative estimate of drug-likeness (QED) is 0.561. The fraction of sp³-hybridized carbons (Fsp3) is 0.565. The molecule has 1 atom stereocenters. The third-order valence-corrected chi connectivity index (χ3v) is 6.66. The topological polar surface area (TPSA) is 38.2 Å². The van der Waals surface area contributed by atoms with Crippen molar-refractivity contribution in [3.63, 3.8) is 0 Å². The molecule has 2 aromatic rings. The normalized spacial score (nSPS) is 21.5. The van der Waals surface area contributed by atoms with E-state index in [1.807, 2.05) is 4.90 Å². The number of hydrogen-bond acceptors (Lipinski definition) is 4. The van der Waals surface area contributed by atoms with E-state index in [0.717, 1.165) is 63.0 Å². The fourth-order valence-electron chi connectivity index (χ4n) is 4.57. The van der Waals surface area contributed by atoms with Crippen LogP contribution in [-0.4, -0.2) is 29.7 Å². The number of hydrogen-bond donors (Lipinski definition) is 0. The van der Waals surface area contributed by atoms with E-state index in [9.17, 15) is 13.2 Å². The Labute approximate surface area is 179 Å². The number of anilines is 1. The number of nitrogens with zero attached hydrogens (tertiary/aromatic N) is 3. The zero-order valence-electron chi connectivity index (χ0n) is 17.6. The largest absolute Gasteiger partial charge is 0.416 e. The molecule has 0 unspecified atom stereocenters. The molecule has 3 heterocycles. The minimum Gasteiger partial charge on any atom is -0.381 e. The molecule has 8 heteroatoms. The average molecular weight is 437 g/mol. The Kier molecular flexibility index (Phi) is 6.19. The number of aromatic nitrogens is 2. The lowest BCUT2D eigenvalue weighted by Crippen LogP contribution is -2.28. The van der Waals surface area contributed by atoms with E-state index >= 15 is 4.39 Å². The van der Waals surface area contributed by atoms with Gasteiger partial charge in [-0.1, -0.05) is 19.1 Å². The molecule has 0 spiro atoms. The van der Waals surface area contributed by atoms with E-state index in [2.05, 4.69) is 16.9 Å². The minimum atomic E-state index is -4.37. The highest BCUT2D eigenvalue weighted by molar-refractivity contribution is 5.46. The van der Waals surface area contributed by atoms with Crippen molar-refractivity contribution in [3.8, 4) is 0 Å². The molecular formula is C23H27F4N3O. The summed E-state index contributed by atoms with van der Waals surface area (Å²) in [5.41, 5.74) is 0.570. The SMILES string of the molecule is CC1(CCc2ncnc(N3CCC[C@@H]3c3ccc(C(F)(F)F)cc3)c2F)CCOCC1. The first-order chi connectivity index (χ1) is 14.8. The lowest BCUT2D eigenvalue weighted by Gasteiger charge is -2.33. The van der Waals surface area contributed by atoms with Crippen LogP contribution >= 0.6 is 0 Å². The minimum absolute atomic E-state index is 0.117. The molecule has 0 saturated carbocycles. The van der Waals surface area contributed by atoms with E-state index in [1.54, 1.807) is 0 Å². The van der Waals surface area contributed by atoms with Gasteiger partial charge in [-0.25, -0.2) is 14.4 Å². The van der Waals surface area contributed by atoms with Gasteiger partial charge in [-0.15, -0.1) is 0 Å². The molecule has 4 rings (SSSR count). The van der Waals surface area contributed by atoms with Gasteiger partial charge in [0.25, 0.3) is 0 Å². The summed E-state index contributed by atoms with van der Waals surface area (Å²) in [6, 6.07) is 4.94. The fourth-order valence-corrected chi connectivity index (χ4v) is 4.57. The lowest BCUT2D eigenvalue weighted by molar-refractivity contribution is -0.137. The molecular weight excluding hydrogens is 410 g/mol.